The largest absolute Gasteiger partial charge is 0.450 e. The molecule has 2 N–H and O–H groups in total. The van der Waals surface area contributed by atoms with Gasteiger partial charge in [-0.05, 0) is 47.3 Å². The van der Waals surface area contributed by atoms with Gasteiger partial charge in [0.05, 0.1) is 15.9 Å². The van der Waals surface area contributed by atoms with E-state index in [9.17, 15) is 9.59 Å². The molecule has 1 fully saturated rings. The molecular weight excluding hydrogens is 434 g/mol. The highest BCUT2D eigenvalue weighted by Crippen LogP contribution is 2.39. The Balaban J connectivity index is 1.54. The number of aromatic amines is 1. The summed E-state index contributed by atoms with van der Waals surface area (Å²) in [5.74, 6) is 0.660. The van der Waals surface area contributed by atoms with E-state index in [-0.39, 0.29) is 17.2 Å². The van der Waals surface area contributed by atoms with Crippen LogP contribution in [0.1, 0.15) is 25.1 Å². The van der Waals surface area contributed by atoms with Gasteiger partial charge in [0.2, 0.25) is 0 Å². The molecule has 1 aliphatic carbocycles. The second kappa shape index (κ2) is 7.44. The first-order valence-electron chi connectivity index (χ1n) is 8.79. The van der Waals surface area contributed by atoms with Crippen LogP contribution in [0.25, 0.3) is 10.2 Å². The van der Waals surface area contributed by atoms with Gasteiger partial charge < -0.3 is 15.0 Å². The Bertz CT molecular complexity index is 870. The molecule has 0 saturated heterocycles. The lowest BCUT2D eigenvalue weighted by atomic mass is 10.1. The summed E-state index contributed by atoms with van der Waals surface area (Å²) < 4.78 is 6.86. The van der Waals surface area contributed by atoms with Gasteiger partial charge in [0.25, 0.3) is 5.56 Å². The van der Waals surface area contributed by atoms with Crippen molar-refractivity contribution in [1.82, 2.24) is 15.3 Å². The molecule has 1 aliphatic rings. The molecule has 26 heavy (non-hydrogen) atoms. The summed E-state index contributed by atoms with van der Waals surface area (Å²) in [6, 6.07) is 2.83. The number of rotatable bonds is 7. The molecule has 1 amide bonds. The van der Waals surface area contributed by atoms with Gasteiger partial charge in [-0.3, -0.25) is 4.79 Å². The second-order valence-electron chi connectivity index (χ2n) is 8.13. The predicted octanol–water partition coefficient (Wildman–Crippen LogP) is 4.28. The van der Waals surface area contributed by atoms with Gasteiger partial charge in [0, 0.05) is 20.0 Å². The summed E-state index contributed by atoms with van der Waals surface area (Å²) in [6.45, 7) is 7.25. The maximum absolute atomic E-state index is 12.1. The molecule has 142 valence electrons. The smallest absolute Gasteiger partial charge is 0.407 e. The van der Waals surface area contributed by atoms with Crippen molar-refractivity contribution in [3.8, 4) is 0 Å². The third-order valence-electron chi connectivity index (χ3n) is 4.55. The standard InChI is InChI=1S/C17H24BrN3O3SSi/c1-26(2,3)9-8-24-16(23)21-17(6-7-17)5-4-13-19-11-10-12(18)25-14(11)15(22)20-13/h10H,4-9H2,1-3H3,(H,21,23)(H,19,20,22). The van der Waals surface area contributed by atoms with E-state index in [2.05, 4.69) is 50.9 Å². The van der Waals surface area contributed by atoms with E-state index in [4.69, 9.17) is 4.74 Å². The van der Waals surface area contributed by atoms with Gasteiger partial charge in [-0.15, -0.1) is 11.3 Å². The zero-order valence-electron chi connectivity index (χ0n) is 15.3. The highest BCUT2D eigenvalue weighted by atomic mass is 79.9. The minimum atomic E-state index is -1.20. The number of aryl methyl sites for hydroxylation is 1. The SMILES string of the molecule is C[Si](C)(C)CCOC(=O)NC1(CCc2nc3cc(Br)sc3c(=O)[nH]2)CC1. The van der Waals surface area contributed by atoms with E-state index in [1.54, 1.807) is 0 Å². The number of halogens is 1. The Morgan fingerprint density at radius 2 is 2.19 bits per heavy atom. The number of hydrogen-bond donors (Lipinski definition) is 2. The first kappa shape index (κ1) is 19.6. The number of aromatic nitrogens is 2. The molecule has 0 bridgehead atoms. The first-order chi connectivity index (χ1) is 12.2. The Kier molecular flexibility index (Phi) is 5.60. The van der Waals surface area contributed by atoms with Crippen molar-refractivity contribution in [2.75, 3.05) is 6.61 Å². The fourth-order valence-corrected chi connectivity index (χ4v) is 4.86. The van der Waals surface area contributed by atoms with Gasteiger partial charge in [0.15, 0.2) is 0 Å². The Hall–Kier alpha value is -1.19. The van der Waals surface area contributed by atoms with Gasteiger partial charge in [-0.1, -0.05) is 19.6 Å². The number of carbonyl (C=O) groups excluding carboxylic acids is 1. The van der Waals surface area contributed by atoms with Gasteiger partial charge >= 0.3 is 6.09 Å². The molecule has 2 aromatic heterocycles. The van der Waals surface area contributed by atoms with Crippen LogP contribution in [0.15, 0.2) is 14.6 Å². The molecule has 0 aliphatic heterocycles. The summed E-state index contributed by atoms with van der Waals surface area (Å²) in [7, 11) is -1.20. The third kappa shape index (κ3) is 5.17. The number of thiophene rings is 1. The minimum absolute atomic E-state index is 0.107. The monoisotopic (exact) mass is 457 g/mol. The zero-order chi connectivity index (χ0) is 18.9. The molecule has 6 nitrogen and oxygen atoms in total. The number of fused-ring (bicyclic) bond motifs is 1. The molecule has 1 saturated carbocycles. The van der Waals surface area contributed by atoms with Crippen molar-refractivity contribution in [1.29, 1.82) is 0 Å². The number of H-pyrrole nitrogens is 1. The number of ether oxygens (including phenoxy) is 1. The number of amides is 1. The number of hydrogen-bond acceptors (Lipinski definition) is 5. The van der Waals surface area contributed by atoms with Crippen LogP contribution >= 0.6 is 27.3 Å². The molecule has 9 heteroatoms. The summed E-state index contributed by atoms with van der Waals surface area (Å²) >= 11 is 4.77. The van der Waals surface area contributed by atoms with Crippen molar-refractivity contribution in [2.45, 2.75) is 56.9 Å². The first-order valence-corrected chi connectivity index (χ1v) is 14.1. The van der Waals surface area contributed by atoms with E-state index in [0.29, 0.717) is 29.1 Å². The van der Waals surface area contributed by atoms with Crippen LogP contribution in [0.3, 0.4) is 0 Å². The summed E-state index contributed by atoms with van der Waals surface area (Å²) in [5.41, 5.74) is 0.396. The van der Waals surface area contributed by atoms with E-state index in [0.717, 1.165) is 29.1 Å². The molecule has 0 atom stereocenters. The van der Waals surface area contributed by atoms with Gasteiger partial charge in [-0.25, -0.2) is 9.78 Å². The van der Waals surface area contributed by atoms with Crippen LogP contribution in [0.2, 0.25) is 25.7 Å². The second-order valence-corrected chi connectivity index (χ2v) is 16.2. The number of nitrogens with one attached hydrogen (secondary N) is 2. The van der Waals surface area contributed by atoms with Crippen LogP contribution < -0.4 is 10.9 Å². The zero-order valence-corrected chi connectivity index (χ0v) is 18.7. The maximum atomic E-state index is 12.1. The average molecular weight is 458 g/mol. The summed E-state index contributed by atoms with van der Waals surface area (Å²) in [6.07, 6.45) is 2.91. The van der Waals surface area contributed by atoms with Crippen LogP contribution in [-0.4, -0.2) is 36.3 Å². The minimum Gasteiger partial charge on any atom is -0.450 e. The topological polar surface area (TPSA) is 84.1 Å². The van der Waals surface area contributed by atoms with Crippen LogP contribution in [0, 0.1) is 0 Å². The third-order valence-corrected chi connectivity index (χ3v) is 7.88. The lowest BCUT2D eigenvalue weighted by Gasteiger charge is -2.19. The van der Waals surface area contributed by atoms with Crippen molar-refractivity contribution in [3.63, 3.8) is 0 Å². The van der Waals surface area contributed by atoms with Crippen LogP contribution in [0.5, 0.6) is 0 Å². The van der Waals surface area contributed by atoms with Crippen molar-refractivity contribution in [3.05, 3.63) is 26.0 Å². The average Bonchev–Trinajstić information content (AvgIpc) is 3.16. The number of carbonyl (C=O) groups is 1. The Labute approximate surface area is 165 Å². The molecule has 0 aromatic carbocycles. The lowest BCUT2D eigenvalue weighted by Crippen LogP contribution is -2.38. The molecule has 0 radical (unpaired) electrons. The summed E-state index contributed by atoms with van der Waals surface area (Å²) in [5, 5.41) is 3.01. The molecule has 2 aromatic rings. The highest BCUT2D eigenvalue weighted by molar-refractivity contribution is 9.11. The summed E-state index contributed by atoms with van der Waals surface area (Å²) in [4.78, 5) is 31.6. The normalized spacial score (nSPS) is 15.8. The Morgan fingerprint density at radius 3 is 2.85 bits per heavy atom. The van der Waals surface area contributed by atoms with Crippen molar-refractivity contribution in [2.24, 2.45) is 0 Å². The Morgan fingerprint density at radius 1 is 1.46 bits per heavy atom. The quantitative estimate of drug-likeness (QED) is 0.607. The van der Waals surface area contributed by atoms with E-state index < -0.39 is 8.07 Å². The lowest BCUT2D eigenvalue weighted by molar-refractivity contribution is 0.145. The fraction of sp³-hybridized carbons (Fsp3) is 0.588. The van der Waals surface area contributed by atoms with E-state index in [1.165, 1.54) is 11.3 Å². The fourth-order valence-electron chi connectivity index (χ4n) is 2.73. The van der Waals surface area contributed by atoms with Crippen LogP contribution in [-0.2, 0) is 11.2 Å². The number of nitrogens with zero attached hydrogens (tertiary/aromatic N) is 1. The maximum Gasteiger partial charge on any atom is 0.407 e. The van der Waals surface area contributed by atoms with Crippen molar-refractivity contribution < 1.29 is 9.53 Å². The van der Waals surface area contributed by atoms with Gasteiger partial charge in [0.1, 0.15) is 10.5 Å². The molecular formula is C17H24BrN3O3SSi. The predicted molar refractivity (Wildman–Crippen MR) is 111 cm³/mol. The van der Waals surface area contributed by atoms with Crippen LogP contribution in [0.4, 0.5) is 4.79 Å². The van der Waals surface area contributed by atoms with E-state index in [1.807, 2.05) is 6.07 Å². The van der Waals surface area contributed by atoms with Crippen molar-refractivity contribution >= 4 is 51.7 Å². The molecule has 0 unspecified atom stereocenters. The molecule has 2 heterocycles. The molecule has 0 spiro atoms. The number of alkyl carbamates (subject to hydrolysis) is 1. The van der Waals surface area contributed by atoms with E-state index >= 15 is 0 Å². The molecule has 3 rings (SSSR count). The highest BCUT2D eigenvalue weighted by Gasteiger charge is 2.44. The van der Waals surface area contributed by atoms with Gasteiger partial charge in [-0.2, -0.15) is 0 Å².